The lowest BCUT2D eigenvalue weighted by Crippen LogP contribution is -2.36. The molecule has 0 bridgehead atoms. The van der Waals surface area contributed by atoms with Crippen LogP contribution in [-0.4, -0.2) is 22.6 Å². The van der Waals surface area contributed by atoms with E-state index in [1.54, 1.807) is 16.7 Å². The van der Waals surface area contributed by atoms with Crippen molar-refractivity contribution in [3.8, 4) is 5.69 Å². The molecule has 1 aliphatic rings. The van der Waals surface area contributed by atoms with E-state index in [2.05, 4.69) is 4.90 Å². The smallest absolute Gasteiger partial charge is 0.267 e. The molecule has 1 saturated heterocycles. The van der Waals surface area contributed by atoms with E-state index in [0.29, 0.717) is 10.4 Å². The molecule has 0 amide bonds. The number of rotatable bonds is 2. The van der Waals surface area contributed by atoms with Crippen LogP contribution < -0.4 is 10.5 Å². The van der Waals surface area contributed by atoms with Crippen LogP contribution in [0.1, 0.15) is 19.3 Å². The largest absolute Gasteiger partial charge is 0.342 e. The summed E-state index contributed by atoms with van der Waals surface area (Å²) < 4.78 is 1.71. The topological polar surface area (TPSA) is 38.1 Å². The van der Waals surface area contributed by atoms with Crippen LogP contribution in [0, 0.1) is 0 Å². The number of nitrogens with zero attached hydrogens (tertiary/aromatic N) is 3. The lowest BCUT2D eigenvalue weighted by molar-refractivity contribution is 0.563. The molecule has 3 aromatic rings. The van der Waals surface area contributed by atoms with Crippen molar-refractivity contribution in [2.24, 2.45) is 0 Å². The van der Waals surface area contributed by atoms with Crippen molar-refractivity contribution < 1.29 is 0 Å². The third kappa shape index (κ3) is 2.67. The predicted octanol–water partition coefficient (Wildman–Crippen LogP) is 4.03. The SMILES string of the molecule is O=c1c2ccccc2nc(N2CCCCC2)n1-c1ccc(Cl)cc1. The van der Waals surface area contributed by atoms with Crippen LogP contribution in [0.5, 0.6) is 0 Å². The summed E-state index contributed by atoms with van der Waals surface area (Å²) in [6, 6.07) is 14.9. The minimum Gasteiger partial charge on any atom is -0.342 e. The molecule has 0 unspecified atom stereocenters. The van der Waals surface area contributed by atoms with E-state index >= 15 is 0 Å². The van der Waals surface area contributed by atoms with Crippen LogP contribution in [0.4, 0.5) is 5.95 Å². The van der Waals surface area contributed by atoms with Gasteiger partial charge < -0.3 is 4.90 Å². The Hall–Kier alpha value is -2.33. The van der Waals surface area contributed by atoms with E-state index in [4.69, 9.17) is 16.6 Å². The van der Waals surface area contributed by atoms with Crippen LogP contribution in [0.15, 0.2) is 53.3 Å². The number of aromatic nitrogens is 2. The Morgan fingerprint density at radius 1 is 0.917 bits per heavy atom. The standard InChI is InChI=1S/C19H18ClN3O/c20-14-8-10-15(11-9-14)23-18(24)16-6-2-3-7-17(16)21-19(23)22-12-4-1-5-13-22/h2-3,6-11H,1,4-5,12-13H2. The van der Waals surface area contributed by atoms with Gasteiger partial charge in [0.1, 0.15) is 0 Å². The summed E-state index contributed by atoms with van der Waals surface area (Å²) in [5.74, 6) is 0.723. The number of benzene rings is 2. The van der Waals surface area contributed by atoms with Crippen molar-refractivity contribution in [3.63, 3.8) is 0 Å². The molecule has 0 aliphatic carbocycles. The molecule has 0 radical (unpaired) electrons. The van der Waals surface area contributed by atoms with Crippen LogP contribution in [0.25, 0.3) is 16.6 Å². The molecular weight excluding hydrogens is 322 g/mol. The molecule has 4 nitrogen and oxygen atoms in total. The molecule has 2 heterocycles. The monoisotopic (exact) mass is 339 g/mol. The molecule has 1 fully saturated rings. The fourth-order valence-corrected chi connectivity index (χ4v) is 3.38. The first-order valence-corrected chi connectivity index (χ1v) is 8.64. The van der Waals surface area contributed by atoms with E-state index in [9.17, 15) is 4.79 Å². The zero-order valence-electron chi connectivity index (χ0n) is 13.3. The van der Waals surface area contributed by atoms with Gasteiger partial charge in [-0.15, -0.1) is 0 Å². The van der Waals surface area contributed by atoms with Gasteiger partial charge in [0.15, 0.2) is 0 Å². The Morgan fingerprint density at radius 2 is 1.62 bits per heavy atom. The van der Waals surface area contributed by atoms with E-state index in [1.807, 2.05) is 36.4 Å². The molecule has 1 aliphatic heterocycles. The minimum atomic E-state index is -0.0384. The molecule has 122 valence electrons. The van der Waals surface area contributed by atoms with Gasteiger partial charge >= 0.3 is 0 Å². The maximum atomic E-state index is 13.1. The molecular formula is C19H18ClN3O. The van der Waals surface area contributed by atoms with Crippen molar-refractivity contribution in [1.29, 1.82) is 0 Å². The molecule has 0 N–H and O–H groups in total. The Kier molecular flexibility index (Phi) is 3.98. The molecule has 4 rings (SSSR count). The van der Waals surface area contributed by atoms with E-state index < -0.39 is 0 Å². The first-order chi connectivity index (χ1) is 11.7. The second-order valence-corrected chi connectivity index (χ2v) is 6.53. The fourth-order valence-electron chi connectivity index (χ4n) is 3.25. The number of piperidine rings is 1. The zero-order valence-corrected chi connectivity index (χ0v) is 14.0. The molecule has 2 aromatic carbocycles. The Labute approximate surface area is 145 Å². The van der Waals surface area contributed by atoms with Gasteiger partial charge in [0, 0.05) is 18.1 Å². The first kappa shape index (κ1) is 15.2. The maximum absolute atomic E-state index is 13.1. The summed E-state index contributed by atoms with van der Waals surface area (Å²) in [5, 5.41) is 1.29. The summed E-state index contributed by atoms with van der Waals surface area (Å²) in [4.78, 5) is 20.2. The molecule has 5 heteroatoms. The quantitative estimate of drug-likeness (QED) is 0.707. The van der Waals surface area contributed by atoms with Crippen molar-refractivity contribution in [3.05, 3.63) is 63.9 Å². The average molecular weight is 340 g/mol. The van der Waals surface area contributed by atoms with E-state index in [1.165, 1.54) is 6.42 Å². The lowest BCUT2D eigenvalue weighted by atomic mass is 10.1. The van der Waals surface area contributed by atoms with Gasteiger partial charge in [-0.1, -0.05) is 23.7 Å². The van der Waals surface area contributed by atoms with Gasteiger partial charge in [-0.3, -0.25) is 4.79 Å². The van der Waals surface area contributed by atoms with Gasteiger partial charge in [-0.25, -0.2) is 9.55 Å². The third-order valence-electron chi connectivity index (χ3n) is 4.48. The van der Waals surface area contributed by atoms with Crippen molar-refractivity contribution in [2.45, 2.75) is 19.3 Å². The van der Waals surface area contributed by atoms with Gasteiger partial charge in [-0.2, -0.15) is 0 Å². The minimum absolute atomic E-state index is 0.0384. The molecule has 0 spiro atoms. The van der Waals surface area contributed by atoms with Crippen LogP contribution in [0.2, 0.25) is 5.02 Å². The molecule has 0 atom stereocenters. The van der Waals surface area contributed by atoms with Gasteiger partial charge in [0.2, 0.25) is 5.95 Å². The maximum Gasteiger partial charge on any atom is 0.267 e. The summed E-state index contributed by atoms with van der Waals surface area (Å²) >= 11 is 6.01. The van der Waals surface area contributed by atoms with Crippen molar-refractivity contribution in [1.82, 2.24) is 9.55 Å². The molecule has 0 saturated carbocycles. The highest BCUT2D eigenvalue weighted by molar-refractivity contribution is 6.30. The highest BCUT2D eigenvalue weighted by atomic mass is 35.5. The van der Waals surface area contributed by atoms with Gasteiger partial charge in [-0.05, 0) is 55.7 Å². The Bertz CT molecular complexity index is 927. The number of hydrogen-bond donors (Lipinski definition) is 0. The van der Waals surface area contributed by atoms with Crippen molar-refractivity contribution >= 4 is 28.5 Å². The first-order valence-electron chi connectivity index (χ1n) is 8.27. The lowest BCUT2D eigenvalue weighted by Gasteiger charge is -2.29. The van der Waals surface area contributed by atoms with Crippen molar-refractivity contribution in [2.75, 3.05) is 18.0 Å². The number of fused-ring (bicyclic) bond motifs is 1. The number of anilines is 1. The number of hydrogen-bond acceptors (Lipinski definition) is 3. The second-order valence-electron chi connectivity index (χ2n) is 6.09. The average Bonchev–Trinajstić information content (AvgIpc) is 2.63. The Balaban J connectivity index is 1.99. The van der Waals surface area contributed by atoms with Gasteiger partial charge in [0.25, 0.3) is 5.56 Å². The zero-order chi connectivity index (χ0) is 16.5. The van der Waals surface area contributed by atoms with Gasteiger partial charge in [0.05, 0.1) is 16.6 Å². The van der Waals surface area contributed by atoms with E-state index in [-0.39, 0.29) is 5.56 Å². The van der Waals surface area contributed by atoms with Crippen LogP contribution in [-0.2, 0) is 0 Å². The second kappa shape index (κ2) is 6.29. The predicted molar refractivity (Wildman–Crippen MR) is 98.4 cm³/mol. The van der Waals surface area contributed by atoms with Crippen LogP contribution in [0.3, 0.4) is 0 Å². The number of para-hydroxylation sites is 1. The summed E-state index contributed by atoms with van der Waals surface area (Å²) in [6.07, 6.45) is 3.49. The van der Waals surface area contributed by atoms with Crippen LogP contribution >= 0.6 is 11.6 Å². The third-order valence-corrected chi connectivity index (χ3v) is 4.73. The highest BCUT2D eigenvalue weighted by Crippen LogP contribution is 2.23. The summed E-state index contributed by atoms with van der Waals surface area (Å²) in [5.41, 5.74) is 1.50. The fraction of sp³-hybridized carbons (Fsp3) is 0.263. The normalized spacial score (nSPS) is 15.0. The molecule has 24 heavy (non-hydrogen) atoms. The summed E-state index contributed by atoms with van der Waals surface area (Å²) in [7, 11) is 0. The van der Waals surface area contributed by atoms with E-state index in [0.717, 1.165) is 43.1 Å². The Morgan fingerprint density at radius 3 is 2.38 bits per heavy atom. The highest BCUT2D eigenvalue weighted by Gasteiger charge is 2.19. The molecule has 1 aromatic heterocycles. The number of halogens is 1. The summed E-state index contributed by atoms with van der Waals surface area (Å²) in [6.45, 7) is 1.86.